The summed E-state index contributed by atoms with van der Waals surface area (Å²) in [6.07, 6.45) is 5.29. The zero-order chi connectivity index (χ0) is 14.6. The average Bonchev–Trinajstić information content (AvgIpc) is 2.88. The Morgan fingerprint density at radius 1 is 1.25 bits per heavy atom. The third-order valence-corrected chi connectivity index (χ3v) is 3.51. The van der Waals surface area contributed by atoms with Crippen LogP contribution in [-0.4, -0.2) is 20.9 Å². The van der Waals surface area contributed by atoms with Gasteiger partial charge >= 0.3 is 5.97 Å². The van der Waals surface area contributed by atoms with Crippen LogP contribution in [0.15, 0.2) is 42.7 Å². The lowest BCUT2D eigenvalue weighted by molar-refractivity contribution is -0.147. The summed E-state index contributed by atoms with van der Waals surface area (Å²) in [4.78, 5) is 11.0. The number of hydrogen-bond donors (Lipinski definition) is 1. The van der Waals surface area contributed by atoms with Crippen LogP contribution in [0.5, 0.6) is 0 Å². The quantitative estimate of drug-likeness (QED) is 0.876. The summed E-state index contributed by atoms with van der Waals surface area (Å²) in [6, 6.07) is 10.1. The smallest absolute Gasteiger partial charge is 0.309 e. The van der Waals surface area contributed by atoms with Crippen molar-refractivity contribution in [3.05, 3.63) is 42.7 Å². The van der Waals surface area contributed by atoms with Crippen molar-refractivity contribution in [3.63, 3.8) is 0 Å². The first-order valence-corrected chi connectivity index (χ1v) is 6.80. The molecule has 0 aliphatic rings. The number of benzene rings is 1. The number of nitrogens with zero attached hydrogens (tertiary/aromatic N) is 2. The molecule has 0 aliphatic heterocycles. The van der Waals surface area contributed by atoms with Crippen LogP contribution in [0.3, 0.4) is 0 Å². The predicted octanol–water partition coefficient (Wildman–Crippen LogP) is 3.44. The molecule has 1 heterocycles. The van der Waals surface area contributed by atoms with Gasteiger partial charge in [-0.05, 0) is 32.3 Å². The first-order chi connectivity index (χ1) is 9.49. The van der Waals surface area contributed by atoms with Crippen molar-refractivity contribution < 1.29 is 9.90 Å². The molecule has 0 saturated heterocycles. The van der Waals surface area contributed by atoms with E-state index in [4.69, 9.17) is 5.11 Å². The molecule has 1 aromatic heterocycles. The van der Waals surface area contributed by atoms with Crippen molar-refractivity contribution in [2.24, 2.45) is 5.41 Å². The van der Waals surface area contributed by atoms with E-state index in [0.717, 1.165) is 24.1 Å². The van der Waals surface area contributed by atoms with Gasteiger partial charge in [0.2, 0.25) is 0 Å². The summed E-state index contributed by atoms with van der Waals surface area (Å²) < 4.78 is 1.88. The molecule has 0 aliphatic carbocycles. The molecule has 106 valence electrons. The number of rotatable bonds is 6. The molecule has 0 fully saturated rings. The van der Waals surface area contributed by atoms with E-state index in [9.17, 15) is 4.79 Å². The molecule has 0 bridgehead atoms. The zero-order valence-electron chi connectivity index (χ0n) is 11.9. The Kier molecular flexibility index (Phi) is 4.23. The van der Waals surface area contributed by atoms with Gasteiger partial charge in [0.15, 0.2) is 0 Å². The number of carboxylic acids is 1. The minimum atomic E-state index is -0.747. The standard InChI is InChI=1S/C16H20N2O2/c1-16(2,15(19)20)9-6-10-18-12-14(11-17-18)13-7-4-3-5-8-13/h3-5,7-8,11-12H,6,9-10H2,1-2H3,(H,19,20). The van der Waals surface area contributed by atoms with Crippen LogP contribution >= 0.6 is 0 Å². The van der Waals surface area contributed by atoms with Gasteiger partial charge in [0.25, 0.3) is 0 Å². The van der Waals surface area contributed by atoms with Crippen LogP contribution in [-0.2, 0) is 11.3 Å². The van der Waals surface area contributed by atoms with E-state index < -0.39 is 11.4 Å². The molecule has 2 aromatic rings. The largest absolute Gasteiger partial charge is 0.481 e. The number of carbonyl (C=O) groups is 1. The van der Waals surface area contributed by atoms with Crippen LogP contribution in [0.4, 0.5) is 0 Å². The van der Waals surface area contributed by atoms with Gasteiger partial charge < -0.3 is 5.11 Å². The van der Waals surface area contributed by atoms with Crippen LogP contribution in [0.1, 0.15) is 26.7 Å². The molecule has 0 unspecified atom stereocenters. The molecule has 0 atom stereocenters. The molecule has 1 aromatic carbocycles. The second kappa shape index (κ2) is 5.90. The maximum absolute atomic E-state index is 11.0. The minimum Gasteiger partial charge on any atom is -0.481 e. The first-order valence-electron chi connectivity index (χ1n) is 6.80. The van der Waals surface area contributed by atoms with Crippen LogP contribution in [0.25, 0.3) is 11.1 Å². The van der Waals surface area contributed by atoms with E-state index in [1.807, 2.05) is 35.3 Å². The van der Waals surface area contributed by atoms with Gasteiger partial charge in [0.1, 0.15) is 0 Å². The molecule has 4 nitrogen and oxygen atoms in total. The zero-order valence-corrected chi connectivity index (χ0v) is 11.9. The Bertz CT molecular complexity index is 573. The molecule has 2 rings (SSSR count). The van der Waals surface area contributed by atoms with Gasteiger partial charge in [-0.3, -0.25) is 9.48 Å². The van der Waals surface area contributed by atoms with Crippen molar-refractivity contribution in [1.82, 2.24) is 9.78 Å². The van der Waals surface area contributed by atoms with Gasteiger partial charge in [0.05, 0.1) is 11.6 Å². The number of hydrogen-bond acceptors (Lipinski definition) is 2. The van der Waals surface area contributed by atoms with E-state index in [-0.39, 0.29) is 0 Å². The summed E-state index contributed by atoms with van der Waals surface area (Å²) in [5, 5.41) is 13.4. The van der Waals surface area contributed by atoms with E-state index in [1.54, 1.807) is 13.8 Å². The molecule has 0 saturated carbocycles. The summed E-state index contributed by atoms with van der Waals surface area (Å²) in [5.74, 6) is -0.747. The molecular formula is C16H20N2O2. The van der Waals surface area contributed by atoms with Crippen molar-refractivity contribution in [2.45, 2.75) is 33.2 Å². The molecule has 0 spiro atoms. The highest BCUT2D eigenvalue weighted by atomic mass is 16.4. The van der Waals surface area contributed by atoms with E-state index in [2.05, 4.69) is 17.2 Å². The van der Waals surface area contributed by atoms with Gasteiger partial charge in [0, 0.05) is 18.3 Å². The molecular weight excluding hydrogens is 252 g/mol. The average molecular weight is 272 g/mol. The van der Waals surface area contributed by atoms with Crippen molar-refractivity contribution >= 4 is 5.97 Å². The molecule has 20 heavy (non-hydrogen) atoms. The van der Waals surface area contributed by atoms with Crippen molar-refractivity contribution in [3.8, 4) is 11.1 Å². The second-order valence-electron chi connectivity index (χ2n) is 5.65. The highest BCUT2D eigenvalue weighted by Crippen LogP contribution is 2.23. The van der Waals surface area contributed by atoms with Crippen LogP contribution < -0.4 is 0 Å². The Morgan fingerprint density at radius 2 is 1.95 bits per heavy atom. The Hall–Kier alpha value is -2.10. The maximum Gasteiger partial charge on any atom is 0.309 e. The number of aromatic nitrogens is 2. The summed E-state index contributed by atoms with van der Waals surface area (Å²) in [7, 11) is 0. The fraction of sp³-hybridized carbons (Fsp3) is 0.375. The number of carboxylic acid groups (broad SMARTS) is 1. The van der Waals surface area contributed by atoms with Crippen molar-refractivity contribution in [2.75, 3.05) is 0 Å². The van der Waals surface area contributed by atoms with Gasteiger partial charge in [-0.25, -0.2) is 0 Å². The van der Waals surface area contributed by atoms with E-state index in [1.165, 1.54) is 0 Å². The summed E-state index contributed by atoms with van der Waals surface area (Å²) >= 11 is 0. The minimum absolute atomic E-state index is 0.642. The SMILES string of the molecule is CC(C)(CCCn1cc(-c2ccccc2)cn1)C(=O)O. The van der Waals surface area contributed by atoms with Gasteiger partial charge in [-0.2, -0.15) is 5.10 Å². The molecule has 0 amide bonds. The Labute approximate surface area is 119 Å². The molecule has 4 heteroatoms. The Balaban J connectivity index is 1.93. The monoisotopic (exact) mass is 272 g/mol. The van der Waals surface area contributed by atoms with Gasteiger partial charge in [-0.1, -0.05) is 30.3 Å². The lowest BCUT2D eigenvalue weighted by atomic mass is 9.88. The van der Waals surface area contributed by atoms with E-state index >= 15 is 0 Å². The first kappa shape index (κ1) is 14.3. The van der Waals surface area contributed by atoms with Gasteiger partial charge in [-0.15, -0.1) is 0 Å². The summed E-state index contributed by atoms with van der Waals surface area (Å²) in [6.45, 7) is 4.26. The lowest BCUT2D eigenvalue weighted by Crippen LogP contribution is -2.23. The van der Waals surface area contributed by atoms with Crippen LogP contribution in [0.2, 0.25) is 0 Å². The summed E-state index contributed by atoms with van der Waals surface area (Å²) in [5.41, 5.74) is 1.56. The predicted molar refractivity (Wildman–Crippen MR) is 78.3 cm³/mol. The highest BCUT2D eigenvalue weighted by Gasteiger charge is 2.26. The second-order valence-corrected chi connectivity index (χ2v) is 5.65. The highest BCUT2D eigenvalue weighted by molar-refractivity contribution is 5.73. The van der Waals surface area contributed by atoms with E-state index in [0.29, 0.717) is 6.42 Å². The third kappa shape index (κ3) is 3.47. The topological polar surface area (TPSA) is 55.1 Å². The number of aliphatic carboxylic acids is 1. The molecule has 1 N–H and O–H groups in total. The van der Waals surface area contributed by atoms with Crippen LogP contribution in [0, 0.1) is 5.41 Å². The fourth-order valence-corrected chi connectivity index (χ4v) is 2.06. The third-order valence-electron chi connectivity index (χ3n) is 3.51. The van der Waals surface area contributed by atoms with Crippen molar-refractivity contribution in [1.29, 1.82) is 0 Å². The lowest BCUT2D eigenvalue weighted by Gasteiger charge is -2.18. The fourth-order valence-electron chi connectivity index (χ4n) is 2.06. The number of aryl methyl sites for hydroxylation is 1. The molecule has 0 radical (unpaired) electrons. The normalized spacial score (nSPS) is 11.5. The maximum atomic E-state index is 11.0. The Morgan fingerprint density at radius 3 is 2.60 bits per heavy atom.